The highest BCUT2D eigenvalue weighted by molar-refractivity contribution is 6.00. The normalized spacial score (nSPS) is 10.9. The molecule has 19 heavy (non-hydrogen) atoms. The number of esters is 2. The Bertz CT molecular complexity index is 321. The van der Waals surface area contributed by atoms with Gasteiger partial charge in [0.25, 0.3) is 0 Å². The Hall–Kier alpha value is -1.50. The smallest absolute Gasteiger partial charge is 0.323 e. The summed E-state index contributed by atoms with van der Waals surface area (Å²) in [6.07, 6.45) is 6.69. The predicted octanol–water partition coefficient (Wildman–Crippen LogP) is 2.56. The molecular weight excluding hydrogens is 244 g/mol. The van der Waals surface area contributed by atoms with Gasteiger partial charge in [-0.3, -0.25) is 9.59 Å². The van der Waals surface area contributed by atoms with Crippen molar-refractivity contribution in [2.45, 2.75) is 47.0 Å². The number of rotatable bonds is 8. The zero-order chi connectivity index (χ0) is 14.9. The van der Waals surface area contributed by atoms with Gasteiger partial charge in [-0.1, -0.05) is 13.8 Å². The molecule has 0 spiro atoms. The Kier molecular flexibility index (Phi) is 7.90. The third kappa shape index (κ3) is 4.27. The van der Waals surface area contributed by atoms with Crippen molar-refractivity contribution in [3.63, 3.8) is 0 Å². The van der Waals surface area contributed by atoms with Crippen LogP contribution in [0.25, 0.3) is 0 Å². The van der Waals surface area contributed by atoms with Gasteiger partial charge in [0.05, 0.1) is 13.2 Å². The molecule has 0 bridgehead atoms. The third-order valence-corrected chi connectivity index (χ3v) is 3.16. The fourth-order valence-corrected chi connectivity index (χ4v) is 2.04. The SMILES string of the molecule is C#CCCCC(C(=O)OCC)(C(=O)OCC)C(C)C. The van der Waals surface area contributed by atoms with Gasteiger partial charge in [-0.25, -0.2) is 0 Å². The second kappa shape index (κ2) is 8.58. The molecule has 4 nitrogen and oxygen atoms in total. The topological polar surface area (TPSA) is 52.6 Å². The molecule has 0 aliphatic carbocycles. The minimum atomic E-state index is -1.25. The van der Waals surface area contributed by atoms with Gasteiger partial charge in [-0.2, -0.15) is 0 Å². The van der Waals surface area contributed by atoms with Crippen LogP contribution < -0.4 is 0 Å². The largest absolute Gasteiger partial charge is 0.465 e. The van der Waals surface area contributed by atoms with Crippen molar-refractivity contribution in [2.75, 3.05) is 13.2 Å². The lowest BCUT2D eigenvalue weighted by molar-refractivity contribution is -0.176. The highest BCUT2D eigenvalue weighted by atomic mass is 16.6. The van der Waals surface area contributed by atoms with E-state index in [0.29, 0.717) is 19.3 Å². The van der Waals surface area contributed by atoms with Crippen molar-refractivity contribution in [2.24, 2.45) is 11.3 Å². The lowest BCUT2D eigenvalue weighted by atomic mass is 9.73. The molecule has 0 aromatic carbocycles. The fourth-order valence-electron chi connectivity index (χ4n) is 2.04. The standard InChI is InChI=1S/C15H24O4/c1-6-9-10-11-15(12(4)5,13(16)18-7-2)14(17)19-8-3/h1,12H,7-11H2,2-5H3. The first kappa shape index (κ1) is 17.5. The van der Waals surface area contributed by atoms with E-state index in [4.69, 9.17) is 15.9 Å². The van der Waals surface area contributed by atoms with Crippen LogP contribution in [0.3, 0.4) is 0 Å². The van der Waals surface area contributed by atoms with E-state index in [1.165, 1.54) is 0 Å². The van der Waals surface area contributed by atoms with Crippen molar-refractivity contribution < 1.29 is 19.1 Å². The molecule has 0 atom stereocenters. The minimum Gasteiger partial charge on any atom is -0.465 e. The third-order valence-electron chi connectivity index (χ3n) is 3.16. The van der Waals surface area contributed by atoms with Crippen LogP contribution in [0.2, 0.25) is 0 Å². The van der Waals surface area contributed by atoms with Crippen molar-refractivity contribution in [1.29, 1.82) is 0 Å². The van der Waals surface area contributed by atoms with Gasteiger partial charge >= 0.3 is 11.9 Å². The molecule has 4 heteroatoms. The van der Waals surface area contributed by atoms with Crippen LogP contribution in [0.15, 0.2) is 0 Å². The zero-order valence-electron chi connectivity index (χ0n) is 12.3. The van der Waals surface area contributed by atoms with E-state index in [9.17, 15) is 9.59 Å². The number of ether oxygens (including phenoxy) is 2. The average molecular weight is 268 g/mol. The van der Waals surface area contributed by atoms with Crippen molar-refractivity contribution in [3.05, 3.63) is 0 Å². The summed E-state index contributed by atoms with van der Waals surface area (Å²) in [6, 6.07) is 0. The van der Waals surface area contributed by atoms with E-state index in [0.717, 1.165) is 0 Å². The van der Waals surface area contributed by atoms with Gasteiger partial charge in [-0.15, -0.1) is 12.3 Å². The summed E-state index contributed by atoms with van der Waals surface area (Å²) in [5.74, 6) is 1.28. The molecule has 0 N–H and O–H groups in total. The Balaban J connectivity index is 5.28. The minimum absolute atomic E-state index is 0.205. The number of hydrogen-bond acceptors (Lipinski definition) is 4. The van der Waals surface area contributed by atoms with Gasteiger partial charge < -0.3 is 9.47 Å². The van der Waals surface area contributed by atoms with Crippen molar-refractivity contribution >= 4 is 11.9 Å². The van der Waals surface area contributed by atoms with E-state index in [-0.39, 0.29) is 19.1 Å². The quantitative estimate of drug-likeness (QED) is 0.294. The molecular formula is C15H24O4. The average Bonchev–Trinajstić information content (AvgIpc) is 2.34. The molecule has 108 valence electrons. The van der Waals surface area contributed by atoms with Crippen molar-refractivity contribution in [1.82, 2.24) is 0 Å². The zero-order valence-corrected chi connectivity index (χ0v) is 12.3. The molecule has 0 aliphatic heterocycles. The molecule has 0 saturated heterocycles. The van der Waals surface area contributed by atoms with Crippen LogP contribution in [-0.2, 0) is 19.1 Å². The van der Waals surface area contributed by atoms with E-state index < -0.39 is 17.4 Å². The van der Waals surface area contributed by atoms with Crippen LogP contribution in [0, 0.1) is 23.7 Å². The molecule has 0 aromatic rings. The maximum atomic E-state index is 12.2. The molecule has 0 heterocycles. The highest BCUT2D eigenvalue weighted by Crippen LogP contribution is 2.36. The molecule has 0 unspecified atom stereocenters. The molecule has 0 saturated carbocycles. The Morgan fingerprint density at radius 2 is 1.63 bits per heavy atom. The van der Waals surface area contributed by atoms with Crippen molar-refractivity contribution in [3.8, 4) is 12.3 Å². The number of hydrogen-bond donors (Lipinski definition) is 0. The van der Waals surface area contributed by atoms with E-state index in [1.54, 1.807) is 13.8 Å². The van der Waals surface area contributed by atoms with Gasteiger partial charge in [0.2, 0.25) is 0 Å². The van der Waals surface area contributed by atoms with Crippen LogP contribution >= 0.6 is 0 Å². The van der Waals surface area contributed by atoms with Crippen LogP contribution in [0.1, 0.15) is 47.0 Å². The summed E-state index contributed by atoms with van der Waals surface area (Å²) in [6.45, 7) is 7.56. The summed E-state index contributed by atoms with van der Waals surface area (Å²) >= 11 is 0. The molecule has 0 radical (unpaired) electrons. The highest BCUT2D eigenvalue weighted by Gasteiger charge is 2.50. The van der Waals surface area contributed by atoms with Crippen LogP contribution in [0.4, 0.5) is 0 Å². The predicted molar refractivity (Wildman–Crippen MR) is 73.2 cm³/mol. The molecule has 0 aromatic heterocycles. The fraction of sp³-hybridized carbons (Fsp3) is 0.733. The lowest BCUT2D eigenvalue weighted by Gasteiger charge is -2.32. The van der Waals surface area contributed by atoms with Gasteiger partial charge in [0, 0.05) is 6.42 Å². The Morgan fingerprint density at radius 1 is 1.16 bits per heavy atom. The maximum Gasteiger partial charge on any atom is 0.323 e. The number of unbranched alkanes of at least 4 members (excludes halogenated alkanes) is 1. The van der Waals surface area contributed by atoms with Gasteiger partial charge in [0.15, 0.2) is 5.41 Å². The number of carbonyl (C=O) groups is 2. The first-order valence-corrected chi connectivity index (χ1v) is 6.75. The number of carbonyl (C=O) groups excluding carboxylic acids is 2. The Labute approximate surface area is 115 Å². The first-order valence-electron chi connectivity index (χ1n) is 6.75. The summed E-state index contributed by atoms with van der Waals surface area (Å²) in [4.78, 5) is 24.5. The number of terminal acetylenes is 1. The molecule has 0 aliphatic rings. The second-order valence-corrected chi connectivity index (χ2v) is 4.62. The molecule has 0 fully saturated rings. The molecule has 0 amide bonds. The van der Waals surface area contributed by atoms with Gasteiger partial charge in [-0.05, 0) is 32.6 Å². The maximum absolute atomic E-state index is 12.2. The summed E-state index contributed by atoms with van der Waals surface area (Å²) in [7, 11) is 0. The van der Waals surface area contributed by atoms with Gasteiger partial charge in [0.1, 0.15) is 0 Å². The van der Waals surface area contributed by atoms with E-state index >= 15 is 0 Å². The summed E-state index contributed by atoms with van der Waals surface area (Å²) < 4.78 is 10.2. The van der Waals surface area contributed by atoms with Crippen LogP contribution in [-0.4, -0.2) is 25.2 Å². The lowest BCUT2D eigenvalue weighted by Crippen LogP contribution is -2.46. The monoisotopic (exact) mass is 268 g/mol. The van der Waals surface area contributed by atoms with E-state index in [2.05, 4.69) is 5.92 Å². The first-order chi connectivity index (χ1) is 8.97. The summed E-state index contributed by atoms with van der Waals surface area (Å²) in [5, 5.41) is 0. The summed E-state index contributed by atoms with van der Waals surface area (Å²) in [5.41, 5.74) is -1.25. The molecule has 0 rings (SSSR count). The van der Waals surface area contributed by atoms with Crippen LogP contribution in [0.5, 0.6) is 0 Å². The van der Waals surface area contributed by atoms with E-state index in [1.807, 2.05) is 13.8 Å². The second-order valence-electron chi connectivity index (χ2n) is 4.62. The Morgan fingerprint density at radius 3 is 1.95 bits per heavy atom.